The number of nitrogens with zero attached hydrogens (tertiary/aromatic N) is 1. The van der Waals surface area contributed by atoms with Gasteiger partial charge in [-0.05, 0) is 37.0 Å². The molecule has 0 radical (unpaired) electrons. The van der Waals surface area contributed by atoms with Crippen molar-refractivity contribution in [3.8, 4) is 11.5 Å². The van der Waals surface area contributed by atoms with E-state index >= 15 is 0 Å². The number of nitrogens with one attached hydrogen (secondary N) is 1. The topological polar surface area (TPSA) is 67.9 Å². The molecule has 1 unspecified atom stereocenters. The number of carbonyl (C=O) groups excluding carboxylic acids is 2. The van der Waals surface area contributed by atoms with Crippen molar-refractivity contribution >= 4 is 17.5 Å². The molecule has 6 heteroatoms. The molecule has 1 saturated heterocycles. The highest BCUT2D eigenvalue weighted by molar-refractivity contribution is 6.00. The highest BCUT2D eigenvalue weighted by Crippen LogP contribution is 2.42. The van der Waals surface area contributed by atoms with Gasteiger partial charge in [0, 0.05) is 24.7 Å². The molecule has 1 saturated carbocycles. The van der Waals surface area contributed by atoms with E-state index in [9.17, 15) is 9.59 Å². The maximum Gasteiger partial charge on any atom is 0.227 e. The lowest BCUT2D eigenvalue weighted by Crippen LogP contribution is -2.52. The predicted octanol–water partition coefficient (Wildman–Crippen LogP) is 3.25. The lowest BCUT2D eigenvalue weighted by molar-refractivity contribution is -0.129. The van der Waals surface area contributed by atoms with Crippen LogP contribution in [0.5, 0.6) is 11.5 Å². The zero-order valence-electron chi connectivity index (χ0n) is 16.8. The SMILES string of the molecule is COc1ccc(N2CC(C(=O)NC3(c4ccccc4)CCC3)CC2=O)cc1OC. The molecule has 1 aliphatic heterocycles. The highest BCUT2D eigenvalue weighted by Gasteiger charge is 2.43. The maximum absolute atomic E-state index is 13.0. The molecule has 0 aromatic heterocycles. The van der Waals surface area contributed by atoms with Gasteiger partial charge in [-0.3, -0.25) is 9.59 Å². The number of ether oxygens (including phenoxy) is 2. The fourth-order valence-electron chi connectivity index (χ4n) is 4.24. The van der Waals surface area contributed by atoms with Crippen molar-refractivity contribution < 1.29 is 19.1 Å². The van der Waals surface area contributed by atoms with Gasteiger partial charge in [-0.25, -0.2) is 0 Å². The molecule has 0 bridgehead atoms. The Balaban J connectivity index is 1.48. The number of hydrogen-bond donors (Lipinski definition) is 1. The van der Waals surface area contributed by atoms with Crippen molar-refractivity contribution in [3.63, 3.8) is 0 Å². The Bertz CT molecular complexity index is 908. The van der Waals surface area contributed by atoms with Gasteiger partial charge in [-0.15, -0.1) is 0 Å². The number of benzene rings is 2. The minimum Gasteiger partial charge on any atom is -0.493 e. The first kappa shape index (κ1) is 19.3. The molecule has 6 nitrogen and oxygen atoms in total. The quantitative estimate of drug-likeness (QED) is 0.817. The van der Waals surface area contributed by atoms with Crippen LogP contribution < -0.4 is 19.7 Å². The molecule has 2 aromatic carbocycles. The summed E-state index contributed by atoms with van der Waals surface area (Å²) in [7, 11) is 3.13. The summed E-state index contributed by atoms with van der Waals surface area (Å²) in [5.41, 5.74) is 1.56. The fraction of sp³-hybridized carbons (Fsp3) is 0.391. The summed E-state index contributed by atoms with van der Waals surface area (Å²) in [6.07, 6.45) is 3.17. The van der Waals surface area contributed by atoms with Crippen molar-refractivity contribution in [2.24, 2.45) is 5.92 Å². The maximum atomic E-state index is 13.0. The summed E-state index contributed by atoms with van der Waals surface area (Å²) < 4.78 is 10.6. The van der Waals surface area contributed by atoms with Crippen LogP contribution in [-0.4, -0.2) is 32.6 Å². The summed E-state index contributed by atoms with van der Waals surface area (Å²) >= 11 is 0. The number of methoxy groups -OCH3 is 2. The van der Waals surface area contributed by atoms with Gasteiger partial charge in [0.15, 0.2) is 11.5 Å². The predicted molar refractivity (Wildman–Crippen MR) is 110 cm³/mol. The number of amides is 2. The monoisotopic (exact) mass is 394 g/mol. The lowest BCUT2D eigenvalue weighted by atomic mass is 9.71. The molecular weight excluding hydrogens is 368 g/mol. The molecule has 1 heterocycles. The van der Waals surface area contributed by atoms with Gasteiger partial charge in [0.2, 0.25) is 11.8 Å². The summed E-state index contributed by atoms with van der Waals surface area (Å²) in [6.45, 7) is 0.366. The molecule has 152 valence electrons. The Labute approximate surface area is 170 Å². The molecule has 29 heavy (non-hydrogen) atoms. The van der Waals surface area contributed by atoms with Crippen LogP contribution in [-0.2, 0) is 15.1 Å². The average Bonchev–Trinajstić information content (AvgIpc) is 3.12. The normalized spacial score (nSPS) is 20.1. The van der Waals surface area contributed by atoms with E-state index in [4.69, 9.17) is 9.47 Å². The zero-order valence-corrected chi connectivity index (χ0v) is 16.8. The smallest absolute Gasteiger partial charge is 0.227 e. The first-order chi connectivity index (χ1) is 14.1. The minimum absolute atomic E-state index is 0.0510. The van der Waals surface area contributed by atoms with Gasteiger partial charge in [0.25, 0.3) is 0 Å². The summed E-state index contributed by atoms with van der Waals surface area (Å²) in [5, 5.41) is 3.26. The number of rotatable bonds is 6. The van der Waals surface area contributed by atoms with E-state index in [1.54, 1.807) is 31.3 Å². The molecule has 2 aliphatic rings. The van der Waals surface area contributed by atoms with E-state index < -0.39 is 0 Å². The second-order valence-electron chi connectivity index (χ2n) is 7.74. The van der Waals surface area contributed by atoms with E-state index in [1.807, 2.05) is 24.3 Å². The van der Waals surface area contributed by atoms with Gasteiger partial charge in [-0.2, -0.15) is 0 Å². The number of hydrogen-bond acceptors (Lipinski definition) is 4. The van der Waals surface area contributed by atoms with Gasteiger partial charge in [-0.1, -0.05) is 30.3 Å². The van der Waals surface area contributed by atoms with Crippen molar-refractivity contribution in [1.82, 2.24) is 5.32 Å². The lowest BCUT2D eigenvalue weighted by Gasteiger charge is -2.43. The van der Waals surface area contributed by atoms with E-state index in [0.717, 1.165) is 24.8 Å². The Kier molecular flexibility index (Phi) is 5.18. The summed E-state index contributed by atoms with van der Waals surface area (Å²) in [4.78, 5) is 27.3. The third-order valence-corrected chi connectivity index (χ3v) is 6.07. The third kappa shape index (κ3) is 3.55. The van der Waals surface area contributed by atoms with Crippen molar-refractivity contribution in [2.75, 3.05) is 25.7 Å². The zero-order chi connectivity index (χ0) is 20.4. The molecule has 2 amide bonds. The van der Waals surface area contributed by atoms with Crippen LogP contribution in [0.2, 0.25) is 0 Å². The van der Waals surface area contributed by atoms with Crippen LogP contribution in [0.1, 0.15) is 31.2 Å². The molecule has 2 fully saturated rings. The first-order valence-corrected chi connectivity index (χ1v) is 9.96. The van der Waals surface area contributed by atoms with Crippen molar-refractivity contribution in [3.05, 3.63) is 54.1 Å². The summed E-state index contributed by atoms with van der Waals surface area (Å²) in [5.74, 6) is 0.691. The third-order valence-electron chi connectivity index (χ3n) is 6.07. The molecule has 2 aromatic rings. The van der Waals surface area contributed by atoms with Gasteiger partial charge in [0.1, 0.15) is 0 Å². The average molecular weight is 394 g/mol. The van der Waals surface area contributed by atoms with Crippen LogP contribution in [0, 0.1) is 5.92 Å². The van der Waals surface area contributed by atoms with E-state index in [0.29, 0.717) is 23.7 Å². The van der Waals surface area contributed by atoms with E-state index in [-0.39, 0.29) is 29.7 Å². The Morgan fingerprint density at radius 1 is 1.07 bits per heavy atom. The van der Waals surface area contributed by atoms with Crippen molar-refractivity contribution in [2.45, 2.75) is 31.2 Å². The second-order valence-corrected chi connectivity index (χ2v) is 7.74. The van der Waals surface area contributed by atoms with Crippen LogP contribution in [0.3, 0.4) is 0 Å². The minimum atomic E-state index is -0.364. The summed E-state index contributed by atoms with van der Waals surface area (Å²) in [6, 6.07) is 15.5. The fourth-order valence-corrected chi connectivity index (χ4v) is 4.24. The van der Waals surface area contributed by atoms with Gasteiger partial charge < -0.3 is 19.7 Å². The van der Waals surface area contributed by atoms with Crippen LogP contribution in [0.4, 0.5) is 5.69 Å². The Morgan fingerprint density at radius 3 is 2.41 bits per heavy atom. The molecule has 0 spiro atoms. The first-order valence-electron chi connectivity index (χ1n) is 9.96. The Morgan fingerprint density at radius 2 is 1.79 bits per heavy atom. The van der Waals surface area contributed by atoms with Gasteiger partial charge >= 0.3 is 0 Å². The molecule has 4 rings (SSSR count). The second kappa shape index (κ2) is 7.78. The number of anilines is 1. The van der Waals surface area contributed by atoms with Crippen LogP contribution in [0.15, 0.2) is 48.5 Å². The molecular formula is C23H26N2O4. The van der Waals surface area contributed by atoms with E-state index in [1.165, 1.54) is 0 Å². The molecule has 1 N–H and O–H groups in total. The van der Waals surface area contributed by atoms with Crippen LogP contribution >= 0.6 is 0 Å². The van der Waals surface area contributed by atoms with Crippen molar-refractivity contribution in [1.29, 1.82) is 0 Å². The van der Waals surface area contributed by atoms with Crippen LogP contribution in [0.25, 0.3) is 0 Å². The standard InChI is InChI=1S/C23H26N2O4/c1-28-19-10-9-18(14-20(19)29-2)25-15-16(13-21(25)26)22(27)24-23(11-6-12-23)17-7-4-3-5-8-17/h3-5,7-10,14,16H,6,11-13,15H2,1-2H3,(H,24,27). The van der Waals surface area contributed by atoms with E-state index in [2.05, 4.69) is 17.4 Å². The molecule has 1 atom stereocenters. The molecule has 1 aliphatic carbocycles. The number of carbonyl (C=O) groups is 2. The van der Waals surface area contributed by atoms with Gasteiger partial charge in [0.05, 0.1) is 25.7 Å². The largest absolute Gasteiger partial charge is 0.493 e. The Hall–Kier alpha value is -3.02. The highest BCUT2D eigenvalue weighted by atomic mass is 16.5.